The maximum Gasteiger partial charge on any atom is 0.344 e. The highest BCUT2D eigenvalue weighted by molar-refractivity contribution is 7.99. The van der Waals surface area contributed by atoms with Crippen molar-refractivity contribution in [1.29, 1.82) is 0 Å². The zero-order chi connectivity index (χ0) is 18.8. The maximum absolute atomic E-state index is 12.5. The van der Waals surface area contributed by atoms with Gasteiger partial charge in [-0.1, -0.05) is 11.8 Å². The first-order valence-electron chi connectivity index (χ1n) is 8.59. The van der Waals surface area contributed by atoms with Gasteiger partial charge in [-0.15, -0.1) is 5.10 Å². The largest absolute Gasteiger partial charge is 0.482 e. The van der Waals surface area contributed by atoms with Crippen molar-refractivity contribution in [1.82, 2.24) is 14.8 Å². The SMILES string of the molecule is O=C1COc2ccc(C(=O)CSc3n[nH]c(=O)n3C[C@H]3CCCO3)cc2N1. The molecular formula is C17H18N4O5S. The lowest BCUT2D eigenvalue weighted by molar-refractivity contribution is -0.118. The number of amides is 1. The van der Waals surface area contributed by atoms with Gasteiger partial charge in [0.1, 0.15) is 5.75 Å². The molecule has 1 saturated heterocycles. The Morgan fingerprint density at radius 3 is 3.07 bits per heavy atom. The molecule has 2 aromatic rings. The number of rotatable bonds is 6. The molecule has 2 aliphatic rings. The van der Waals surface area contributed by atoms with Crippen LogP contribution in [0, 0.1) is 0 Å². The van der Waals surface area contributed by atoms with Gasteiger partial charge in [0, 0.05) is 12.2 Å². The molecule has 1 aromatic carbocycles. The van der Waals surface area contributed by atoms with Crippen LogP contribution in [0.25, 0.3) is 0 Å². The average Bonchev–Trinajstić information content (AvgIpc) is 3.30. The molecule has 1 atom stereocenters. The summed E-state index contributed by atoms with van der Waals surface area (Å²) in [6, 6.07) is 4.91. The standard InChI is InChI=1S/C17H18N4O5S/c22-13(10-3-4-14-12(6-10)18-15(23)8-26-14)9-27-17-20-19-16(24)21(17)7-11-2-1-5-25-11/h3-4,6,11H,1-2,5,7-9H2,(H,18,23)(H,19,24)/t11-/m1/s1. The lowest BCUT2D eigenvalue weighted by atomic mass is 10.1. The third-order valence-electron chi connectivity index (χ3n) is 4.40. The second kappa shape index (κ2) is 7.57. The molecule has 0 unspecified atom stereocenters. The van der Waals surface area contributed by atoms with Gasteiger partial charge in [-0.25, -0.2) is 9.89 Å². The van der Waals surface area contributed by atoms with E-state index in [-0.39, 0.29) is 35.8 Å². The van der Waals surface area contributed by atoms with Gasteiger partial charge in [-0.3, -0.25) is 14.2 Å². The number of thioether (sulfide) groups is 1. The van der Waals surface area contributed by atoms with Crippen LogP contribution in [0.15, 0.2) is 28.2 Å². The predicted molar refractivity (Wildman–Crippen MR) is 97.4 cm³/mol. The molecule has 0 bridgehead atoms. The van der Waals surface area contributed by atoms with E-state index in [1.165, 1.54) is 16.3 Å². The number of anilines is 1. The number of aromatic amines is 1. The molecule has 1 fully saturated rings. The quantitative estimate of drug-likeness (QED) is 0.560. The van der Waals surface area contributed by atoms with Gasteiger partial charge in [0.15, 0.2) is 17.5 Å². The zero-order valence-corrected chi connectivity index (χ0v) is 15.2. The summed E-state index contributed by atoms with van der Waals surface area (Å²) >= 11 is 1.19. The van der Waals surface area contributed by atoms with Crippen LogP contribution in [-0.2, 0) is 16.1 Å². The number of carbonyl (C=O) groups excluding carboxylic acids is 2. The number of benzene rings is 1. The molecule has 1 aromatic heterocycles. The molecule has 3 heterocycles. The van der Waals surface area contributed by atoms with E-state index < -0.39 is 0 Å². The number of ketones is 1. The summed E-state index contributed by atoms with van der Waals surface area (Å²) in [4.78, 5) is 35.9. The van der Waals surface area contributed by atoms with Crippen molar-refractivity contribution in [2.24, 2.45) is 0 Å². The number of Topliss-reactive ketones (excluding diaryl/α,β-unsaturated/α-hetero) is 1. The number of carbonyl (C=O) groups is 2. The fraction of sp³-hybridized carbons (Fsp3) is 0.412. The van der Waals surface area contributed by atoms with Gasteiger partial charge in [0.05, 0.1) is 24.1 Å². The summed E-state index contributed by atoms with van der Waals surface area (Å²) < 4.78 is 12.4. The first kappa shape index (κ1) is 17.8. The Labute approximate surface area is 158 Å². The topological polar surface area (TPSA) is 115 Å². The van der Waals surface area contributed by atoms with Crippen LogP contribution in [0.3, 0.4) is 0 Å². The Morgan fingerprint density at radius 1 is 1.37 bits per heavy atom. The van der Waals surface area contributed by atoms with Gasteiger partial charge in [-0.05, 0) is 31.0 Å². The van der Waals surface area contributed by atoms with Gasteiger partial charge in [0.2, 0.25) is 0 Å². The van der Waals surface area contributed by atoms with Crippen LogP contribution in [-0.4, -0.2) is 51.5 Å². The highest BCUT2D eigenvalue weighted by atomic mass is 32.2. The molecule has 1 amide bonds. The molecule has 0 spiro atoms. The van der Waals surface area contributed by atoms with Crippen molar-refractivity contribution < 1.29 is 19.1 Å². The van der Waals surface area contributed by atoms with E-state index in [2.05, 4.69) is 15.5 Å². The summed E-state index contributed by atoms with van der Waals surface area (Å²) in [7, 11) is 0. The normalized spacial score (nSPS) is 18.7. The smallest absolute Gasteiger partial charge is 0.344 e. The van der Waals surface area contributed by atoms with Crippen molar-refractivity contribution in [3.63, 3.8) is 0 Å². The number of nitrogens with one attached hydrogen (secondary N) is 2. The van der Waals surface area contributed by atoms with E-state index >= 15 is 0 Å². The van der Waals surface area contributed by atoms with Crippen molar-refractivity contribution in [2.75, 3.05) is 24.3 Å². The Morgan fingerprint density at radius 2 is 2.26 bits per heavy atom. The van der Waals surface area contributed by atoms with Crippen LogP contribution in [0.1, 0.15) is 23.2 Å². The third-order valence-corrected chi connectivity index (χ3v) is 5.38. The Kier molecular flexibility index (Phi) is 4.99. The van der Waals surface area contributed by atoms with Gasteiger partial charge < -0.3 is 14.8 Å². The summed E-state index contributed by atoms with van der Waals surface area (Å²) in [6.45, 7) is 1.10. The van der Waals surface area contributed by atoms with Gasteiger partial charge >= 0.3 is 5.69 Å². The number of H-pyrrole nitrogens is 1. The molecule has 4 rings (SSSR count). The average molecular weight is 390 g/mol. The highest BCUT2D eigenvalue weighted by Crippen LogP contribution is 2.29. The summed E-state index contributed by atoms with van der Waals surface area (Å²) in [6.07, 6.45) is 1.89. The van der Waals surface area contributed by atoms with Crippen LogP contribution in [0.5, 0.6) is 5.75 Å². The van der Waals surface area contributed by atoms with E-state index in [1.54, 1.807) is 18.2 Å². The van der Waals surface area contributed by atoms with Crippen molar-refractivity contribution in [3.8, 4) is 5.75 Å². The molecule has 0 radical (unpaired) electrons. The molecule has 0 aliphatic carbocycles. The summed E-state index contributed by atoms with van der Waals surface area (Å²) in [5.74, 6) is 0.262. The van der Waals surface area contributed by atoms with Crippen molar-refractivity contribution in [2.45, 2.75) is 30.6 Å². The number of nitrogens with zero attached hydrogens (tertiary/aromatic N) is 2. The van der Waals surface area contributed by atoms with Gasteiger partial charge in [0.25, 0.3) is 5.91 Å². The summed E-state index contributed by atoms with van der Waals surface area (Å²) in [5, 5.41) is 9.57. The molecule has 142 valence electrons. The number of aromatic nitrogens is 3. The second-order valence-electron chi connectivity index (χ2n) is 6.32. The van der Waals surface area contributed by atoms with Crippen LogP contribution >= 0.6 is 11.8 Å². The molecule has 10 heteroatoms. The van der Waals surface area contributed by atoms with Crippen molar-refractivity contribution >= 4 is 29.1 Å². The van der Waals surface area contributed by atoms with E-state index in [9.17, 15) is 14.4 Å². The zero-order valence-electron chi connectivity index (χ0n) is 14.4. The monoisotopic (exact) mass is 390 g/mol. The van der Waals surface area contributed by atoms with E-state index in [0.717, 1.165) is 12.8 Å². The van der Waals surface area contributed by atoms with E-state index in [4.69, 9.17) is 9.47 Å². The molecule has 0 saturated carbocycles. The first-order chi connectivity index (χ1) is 13.1. The number of hydrogen-bond donors (Lipinski definition) is 2. The fourth-order valence-corrected chi connectivity index (χ4v) is 3.89. The molecular weight excluding hydrogens is 372 g/mol. The third kappa shape index (κ3) is 3.91. The summed E-state index contributed by atoms with van der Waals surface area (Å²) in [5.41, 5.74) is 0.627. The minimum Gasteiger partial charge on any atom is -0.482 e. The number of ether oxygens (including phenoxy) is 2. The second-order valence-corrected chi connectivity index (χ2v) is 7.26. The van der Waals surface area contributed by atoms with Crippen LogP contribution in [0.4, 0.5) is 5.69 Å². The molecule has 2 N–H and O–H groups in total. The Bertz CT molecular complexity index is 932. The lowest BCUT2D eigenvalue weighted by Crippen LogP contribution is -2.25. The molecule has 2 aliphatic heterocycles. The molecule has 27 heavy (non-hydrogen) atoms. The minimum absolute atomic E-state index is 0.000362. The fourth-order valence-electron chi connectivity index (χ4n) is 3.04. The van der Waals surface area contributed by atoms with Crippen LogP contribution < -0.4 is 15.7 Å². The number of hydrogen-bond acceptors (Lipinski definition) is 7. The maximum atomic E-state index is 12.5. The molecule has 9 nitrogen and oxygen atoms in total. The minimum atomic E-state index is -0.311. The highest BCUT2D eigenvalue weighted by Gasteiger charge is 2.21. The first-order valence-corrected chi connectivity index (χ1v) is 9.58. The lowest BCUT2D eigenvalue weighted by Gasteiger charge is -2.18. The van der Waals surface area contributed by atoms with E-state index in [0.29, 0.717) is 35.3 Å². The predicted octanol–water partition coefficient (Wildman–Crippen LogP) is 1.06. The Balaban J connectivity index is 1.43. The van der Waals surface area contributed by atoms with E-state index in [1.807, 2.05) is 0 Å². The van der Waals surface area contributed by atoms with Crippen molar-refractivity contribution in [3.05, 3.63) is 34.2 Å². The van der Waals surface area contributed by atoms with Gasteiger partial charge in [-0.2, -0.15) is 0 Å². The Hall–Kier alpha value is -2.59. The number of fused-ring (bicyclic) bond motifs is 1. The van der Waals surface area contributed by atoms with Crippen LogP contribution in [0.2, 0.25) is 0 Å².